The van der Waals surface area contributed by atoms with Crippen LogP contribution in [0.25, 0.3) is 0 Å². The molecule has 0 aromatic carbocycles. The van der Waals surface area contributed by atoms with E-state index in [9.17, 15) is 4.79 Å². The molecule has 1 aromatic heterocycles. The van der Waals surface area contributed by atoms with Crippen LogP contribution in [-0.4, -0.2) is 28.2 Å². The number of hydrogen-bond acceptors (Lipinski definition) is 2. The largest absolute Gasteiger partial charge is 0.396 e. The second-order valence-corrected chi connectivity index (χ2v) is 4.33. The van der Waals surface area contributed by atoms with Gasteiger partial charge in [0.05, 0.1) is 5.02 Å². The quantitative estimate of drug-likeness (QED) is 0.826. The Morgan fingerprint density at radius 3 is 2.88 bits per heavy atom. The summed E-state index contributed by atoms with van der Waals surface area (Å²) in [5.41, 5.74) is 0.542. The van der Waals surface area contributed by atoms with Gasteiger partial charge in [-0.05, 0) is 25.8 Å². The minimum Gasteiger partial charge on any atom is -0.396 e. The van der Waals surface area contributed by atoms with Crippen molar-refractivity contribution in [2.75, 3.05) is 6.61 Å². The Balaban J connectivity index is 2.55. The van der Waals surface area contributed by atoms with Gasteiger partial charge in [0, 0.05) is 25.9 Å². The molecule has 5 heteroatoms. The third-order valence-corrected chi connectivity index (χ3v) is 2.58. The summed E-state index contributed by atoms with van der Waals surface area (Å²) in [4.78, 5) is 11.8. The highest BCUT2D eigenvalue weighted by molar-refractivity contribution is 6.31. The van der Waals surface area contributed by atoms with Gasteiger partial charge in [0.1, 0.15) is 5.69 Å². The first-order valence-corrected chi connectivity index (χ1v) is 5.66. The topological polar surface area (TPSA) is 54.3 Å². The molecule has 0 saturated carbocycles. The highest BCUT2D eigenvalue weighted by Crippen LogP contribution is 2.12. The van der Waals surface area contributed by atoms with E-state index in [0.717, 1.165) is 6.42 Å². The molecular formula is C11H17ClN2O2. The summed E-state index contributed by atoms with van der Waals surface area (Å²) in [6.45, 7) is 2.06. The molecule has 4 nitrogen and oxygen atoms in total. The van der Waals surface area contributed by atoms with E-state index in [1.807, 2.05) is 6.92 Å². The van der Waals surface area contributed by atoms with Crippen LogP contribution in [0.15, 0.2) is 12.3 Å². The lowest BCUT2D eigenvalue weighted by atomic mass is 10.2. The molecular weight excluding hydrogens is 228 g/mol. The van der Waals surface area contributed by atoms with Gasteiger partial charge in [-0.15, -0.1) is 0 Å². The third kappa shape index (κ3) is 3.54. The van der Waals surface area contributed by atoms with Crippen LogP contribution >= 0.6 is 11.6 Å². The molecule has 0 aliphatic carbocycles. The first kappa shape index (κ1) is 13.1. The molecule has 1 atom stereocenters. The van der Waals surface area contributed by atoms with Crippen molar-refractivity contribution in [1.29, 1.82) is 0 Å². The zero-order valence-electron chi connectivity index (χ0n) is 9.53. The number of rotatable bonds is 5. The Bertz CT molecular complexity index is 363. The molecule has 0 radical (unpaired) electrons. The van der Waals surface area contributed by atoms with E-state index >= 15 is 0 Å². The van der Waals surface area contributed by atoms with Crippen LogP contribution in [0.1, 0.15) is 30.3 Å². The monoisotopic (exact) mass is 244 g/mol. The summed E-state index contributed by atoms with van der Waals surface area (Å²) in [7, 11) is 1.78. The Kier molecular flexibility index (Phi) is 4.83. The maximum atomic E-state index is 11.8. The van der Waals surface area contributed by atoms with Crippen LogP contribution in [0.5, 0.6) is 0 Å². The summed E-state index contributed by atoms with van der Waals surface area (Å²) in [6.07, 6.45) is 3.14. The SMILES string of the molecule is CC(CCCO)NC(=O)c1cc(Cl)cn1C. The van der Waals surface area contributed by atoms with Gasteiger partial charge < -0.3 is 15.0 Å². The predicted molar refractivity (Wildman–Crippen MR) is 63.7 cm³/mol. The van der Waals surface area contributed by atoms with Crippen LogP contribution < -0.4 is 5.32 Å². The molecule has 1 heterocycles. The van der Waals surface area contributed by atoms with Crippen LogP contribution in [-0.2, 0) is 7.05 Å². The third-order valence-electron chi connectivity index (χ3n) is 2.38. The zero-order valence-corrected chi connectivity index (χ0v) is 10.3. The summed E-state index contributed by atoms with van der Waals surface area (Å²) >= 11 is 5.80. The molecule has 16 heavy (non-hydrogen) atoms. The average Bonchev–Trinajstić information content (AvgIpc) is 2.54. The number of carbonyl (C=O) groups is 1. The van der Waals surface area contributed by atoms with E-state index in [1.165, 1.54) is 0 Å². The number of aromatic nitrogens is 1. The number of aryl methyl sites for hydroxylation is 1. The number of nitrogens with one attached hydrogen (secondary N) is 1. The lowest BCUT2D eigenvalue weighted by molar-refractivity contribution is 0.0928. The van der Waals surface area contributed by atoms with E-state index in [1.54, 1.807) is 23.9 Å². The standard InChI is InChI=1S/C11H17ClN2O2/c1-8(4-3-5-15)13-11(16)10-6-9(12)7-14(10)2/h6-8,15H,3-5H2,1-2H3,(H,13,16). The first-order valence-electron chi connectivity index (χ1n) is 5.28. The highest BCUT2D eigenvalue weighted by Gasteiger charge is 2.13. The van der Waals surface area contributed by atoms with Gasteiger partial charge in [-0.2, -0.15) is 0 Å². The molecule has 2 N–H and O–H groups in total. The minimum absolute atomic E-state index is 0.0494. The molecule has 1 amide bonds. The predicted octanol–water partition coefficient (Wildman–Crippen LogP) is 1.57. The molecule has 1 rings (SSSR count). The van der Waals surface area contributed by atoms with E-state index in [-0.39, 0.29) is 18.6 Å². The Morgan fingerprint density at radius 2 is 2.38 bits per heavy atom. The maximum absolute atomic E-state index is 11.8. The fraction of sp³-hybridized carbons (Fsp3) is 0.545. The zero-order chi connectivity index (χ0) is 12.1. The van der Waals surface area contributed by atoms with Crippen molar-refractivity contribution in [2.45, 2.75) is 25.8 Å². The number of amides is 1. The van der Waals surface area contributed by atoms with Gasteiger partial charge in [-0.3, -0.25) is 4.79 Å². The second kappa shape index (κ2) is 5.92. The van der Waals surface area contributed by atoms with Gasteiger partial charge >= 0.3 is 0 Å². The smallest absolute Gasteiger partial charge is 0.268 e. The summed E-state index contributed by atoms with van der Waals surface area (Å²) in [5.74, 6) is -0.139. The fourth-order valence-electron chi connectivity index (χ4n) is 1.52. The molecule has 1 unspecified atom stereocenters. The van der Waals surface area contributed by atoms with Crippen molar-refractivity contribution in [3.63, 3.8) is 0 Å². The van der Waals surface area contributed by atoms with Gasteiger partial charge in [0.2, 0.25) is 0 Å². The molecule has 0 saturated heterocycles. The maximum Gasteiger partial charge on any atom is 0.268 e. The van der Waals surface area contributed by atoms with Crippen molar-refractivity contribution in [3.8, 4) is 0 Å². The summed E-state index contributed by atoms with van der Waals surface area (Å²) in [6, 6.07) is 1.68. The van der Waals surface area contributed by atoms with Crippen molar-refractivity contribution in [1.82, 2.24) is 9.88 Å². The number of aliphatic hydroxyl groups is 1. The lowest BCUT2D eigenvalue weighted by Crippen LogP contribution is -2.33. The molecule has 1 aromatic rings. The van der Waals surface area contributed by atoms with Gasteiger partial charge in [0.15, 0.2) is 0 Å². The van der Waals surface area contributed by atoms with E-state index in [4.69, 9.17) is 16.7 Å². The summed E-state index contributed by atoms with van der Waals surface area (Å²) < 4.78 is 1.69. The second-order valence-electron chi connectivity index (χ2n) is 3.89. The average molecular weight is 245 g/mol. The van der Waals surface area contributed by atoms with E-state index in [0.29, 0.717) is 17.1 Å². The first-order chi connectivity index (χ1) is 7.54. The van der Waals surface area contributed by atoms with Crippen molar-refractivity contribution < 1.29 is 9.90 Å². The number of nitrogens with zero attached hydrogens (tertiary/aromatic N) is 1. The number of aliphatic hydroxyl groups excluding tert-OH is 1. The molecule has 0 aliphatic rings. The van der Waals surface area contributed by atoms with Crippen molar-refractivity contribution >= 4 is 17.5 Å². The normalized spacial score (nSPS) is 12.5. The Hall–Kier alpha value is -1.00. The van der Waals surface area contributed by atoms with Gasteiger partial charge in [-0.25, -0.2) is 0 Å². The highest BCUT2D eigenvalue weighted by atomic mass is 35.5. The Morgan fingerprint density at radius 1 is 1.69 bits per heavy atom. The van der Waals surface area contributed by atoms with Crippen molar-refractivity contribution in [3.05, 3.63) is 23.0 Å². The van der Waals surface area contributed by atoms with Crippen LogP contribution in [0.3, 0.4) is 0 Å². The molecule has 0 bridgehead atoms. The number of carbonyl (C=O) groups excluding carboxylic acids is 1. The van der Waals surface area contributed by atoms with Crippen LogP contribution in [0, 0.1) is 0 Å². The number of halogens is 1. The Labute approximate surface area is 100 Å². The van der Waals surface area contributed by atoms with Crippen molar-refractivity contribution in [2.24, 2.45) is 7.05 Å². The molecule has 0 fully saturated rings. The molecule has 0 aliphatic heterocycles. The van der Waals surface area contributed by atoms with E-state index < -0.39 is 0 Å². The van der Waals surface area contributed by atoms with Crippen LogP contribution in [0.2, 0.25) is 5.02 Å². The fourth-order valence-corrected chi connectivity index (χ4v) is 1.77. The van der Waals surface area contributed by atoms with Gasteiger partial charge in [-0.1, -0.05) is 11.6 Å². The lowest BCUT2D eigenvalue weighted by Gasteiger charge is -2.13. The van der Waals surface area contributed by atoms with Gasteiger partial charge in [0.25, 0.3) is 5.91 Å². The molecule has 90 valence electrons. The van der Waals surface area contributed by atoms with E-state index in [2.05, 4.69) is 5.32 Å². The van der Waals surface area contributed by atoms with Crippen LogP contribution in [0.4, 0.5) is 0 Å². The molecule has 0 spiro atoms. The summed E-state index contributed by atoms with van der Waals surface area (Å²) in [5, 5.41) is 12.1. The number of hydrogen-bond donors (Lipinski definition) is 2. The minimum atomic E-state index is -0.139.